The summed E-state index contributed by atoms with van der Waals surface area (Å²) in [6, 6.07) is 15.8. The van der Waals surface area contributed by atoms with Gasteiger partial charge in [0.25, 0.3) is 0 Å². The molecule has 0 amide bonds. The molecule has 4 heteroatoms. The second-order valence-corrected chi connectivity index (χ2v) is 7.35. The number of benzene rings is 1. The van der Waals surface area contributed by atoms with Crippen molar-refractivity contribution in [3.63, 3.8) is 0 Å². The minimum Gasteiger partial charge on any atom is -0.354 e. The number of rotatable bonds is 4. The fourth-order valence-corrected chi connectivity index (χ4v) is 4.03. The molecule has 0 N–H and O–H groups in total. The van der Waals surface area contributed by atoms with Gasteiger partial charge < -0.3 is 9.80 Å². The number of pyridine rings is 1. The molecule has 25 heavy (non-hydrogen) atoms. The van der Waals surface area contributed by atoms with Crippen LogP contribution in [0.15, 0.2) is 48.7 Å². The monoisotopic (exact) mass is 336 g/mol. The molecular weight excluding hydrogens is 308 g/mol. The van der Waals surface area contributed by atoms with E-state index in [1.165, 1.54) is 30.5 Å². The van der Waals surface area contributed by atoms with Crippen LogP contribution in [0.1, 0.15) is 30.0 Å². The molecule has 1 unspecified atom stereocenters. The molecule has 0 bridgehead atoms. The van der Waals surface area contributed by atoms with Gasteiger partial charge in [-0.05, 0) is 43.6 Å². The van der Waals surface area contributed by atoms with Crippen LogP contribution in [0, 0.1) is 0 Å². The Balaban J connectivity index is 1.44. The summed E-state index contributed by atoms with van der Waals surface area (Å²) in [5.74, 6) is 1.13. The molecular formula is C21H28N4. The van der Waals surface area contributed by atoms with Gasteiger partial charge in [-0.2, -0.15) is 0 Å². The first-order chi connectivity index (χ1) is 12.3. The van der Waals surface area contributed by atoms with Crippen LogP contribution in [0.2, 0.25) is 0 Å². The molecule has 2 saturated heterocycles. The van der Waals surface area contributed by atoms with Gasteiger partial charge in [0.05, 0.1) is 0 Å². The third-order valence-electron chi connectivity index (χ3n) is 5.57. The first kappa shape index (κ1) is 16.6. The van der Waals surface area contributed by atoms with E-state index in [0.717, 1.165) is 38.5 Å². The van der Waals surface area contributed by atoms with E-state index in [9.17, 15) is 0 Å². The minimum atomic E-state index is 0.509. The highest BCUT2D eigenvalue weighted by Gasteiger charge is 2.26. The first-order valence-corrected chi connectivity index (χ1v) is 9.47. The largest absolute Gasteiger partial charge is 0.354 e. The lowest BCUT2D eigenvalue weighted by molar-refractivity contribution is 0.248. The van der Waals surface area contributed by atoms with E-state index in [4.69, 9.17) is 4.98 Å². The number of aromatic nitrogens is 1. The SMILES string of the molecule is CN1CCN(c2ccc(C3CCCN3Cc3ccccc3)cn2)CC1. The second kappa shape index (κ2) is 7.54. The van der Waals surface area contributed by atoms with E-state index in [-0.39, 0.29) is 0 Å². The molecule has 4 rings (SSSR count). The van der Waals surface area contributed by atoms with Crippen molar-refractivity contribution in [2.75, 3.05) is 44.7 Å². The van der Waals surface area contributed by atoms with Crippen LogP contribution in [-0.4, -0.2) is 54.6 Å². The number of piperazine rings is 1. The third-order valence-corrected chi connectivity index (χ3v) is 5.57. The van der Waals surface area contributed by atoms with Crippen LogP contribution in [0.4, 0.5) is 5.82 Å². The normalized spacial score (nSPS) is 22.4. The van der Waals surface area contributed by atoms with Gasteiger partial charge >= 0.3 is 0 Å². The Morgan fingerprint density at radius 1 is 0.960 bits per heavy atom. The van der Waals surface area contributed by atoms with E-state index in [1.807, 2.05) is 0 Å². The average molecular weight is 336 g/mol. The number of likely N-dealkylation sites (tertiary alicyclic amines) is 1. The van der Waals surface area contributed by atoms with Crippen LogP contribution in [0.5, 0.6) is 0 Å². The van der Waals surface area contributed by atoms with E-state index in [0.29, 0.717) is 6.04 Å². The Morgan fingerprint density at radius 3 is 2.48 bits per heavy atom. The summed E-state index contributed by atoms with van der Waals surface area (Å²) in [6.45, 7) is 6.61. The van der Waals surface area contributed by atoms with Crippen LogP contribution >= 0.6 is 0 Å². The van der Waals surface area contributed by atoms with Gasteiger partial charge in [-0.25, -0.2) is 4.98 Å². The van der Waals surface area contributed by atoms with Crippen molar-refractivity contribution in [1.29, 1.82) is 0 Å². The third kappa shape index (κ3) is 3.86. The maximum atomic E-state index is 4.79. The summed E-state index contributed by atoms with van der Waals surface area (Å²) in [6.07, 6.45) is 4.63. The van der Waals surface area contributed by atoms with Gasteiger partial charge in [0, 0.05) is 45.0 Å². The number of anilines is 1. The van der Waals surface area contributed by atoms with Gasteiger partial charge in [0.2, 0.25) is 0 Å². The van der Waals surface area contributed by atoms with Crippen molar-refractivity contribution in [2.45, 2.75) is 25.4 Å². The topological polar surface area (TPSA) is 22.6 Å². The van der Waals surface area contributed by atoms with E-state index in [2.05, 4.69) is 70.4 Å². The molecule has 1 atom stereocenters. The highest BCUT2D eigenvalue weighted by Crippen LogP contribution is 2.33. The molecule has 1 aromatic heterocycles. The summed E-state index contributed by atoms with van der Waals surface area (Å²) in [7, 11) is 2.19. The zero-order valence-corrected chi connectivity index (χ0v) is 15.1. The Hall–Kier alpha value is -1.91. The Labute approximate surface area is 151 Å². The van der Waals surface area contributed by atoms with E-state index in [1.54, 1.807) is 0 Å². The molecule has 2 aliphatic heterocycles. The molecule has 2 fully saturated rings. The van der Waals surface area contributed by atoms with Crippen molar-refractivity contribution >= 4 is 5.82 Å². The lowest BCUT2D eigenvalue weighted by Gasteiger charge is -2.33. The Bertz CT molecular complexity index is 662. The summed E-state index contributed by atoms with van der Waals surface area (Å²) in [5, 5.41) is 0. The van der Waals surface area contributed by atoms with Crippen LogP contribution < -0.4 is 4.90 Å². The van der Waals surface area contributed by atoms with Crippen molar-refractivity contribution < 1.29 is 0 Å². The minimum absolute atomic E-state index is 0.509. The second-order valence-electron chi connectivity index (χ2n) is 7.35. The van der Waals surface area contributed by atoms with Gasteiger partial charge in [0.15, 0.2) is 0 Å². The predicted octanol–water partition coefficient (Wildman–Crippen LogP) is 3.17. The molecule has 132 valence electrons. The van der Waals surface area contributed by atoms with Crippen molar-refractivity contribution in [3.8, 4) is 0 Å². The summed E-state index contributed by atoms with van der Waals surface area (Å²) >= 11 is 0. The van der Waals surface area contributed by atoms with Crippen LogP contribution in [-0.2, 0) is 6.54 Å². The first-order valence-electron chi connectivity index (χ1n) is 9.47. The smallest absolute Gasteiger partial charge is 0.128 e. The highest BCUT2D eigenvalue weighted by molar-refractivity contribution is 5.40. The maximum absolute atomic E-state index is 4.79. The predicted molar refractivity (Wildman–Crippen MR) is 103 cm³/mol. The average Bonchev–Trinajstić information content (AvgIpc) is 3.11. The lowest BCUT2D eigenvalue weighted by Crippen LogP contribution is -2.44. The quantitative estimate of drug-likeness (QED) is 0.855. The summed E-state index contributed by atoms with van der Waals surface area (Å²) in [4.78, 5) is 12.2. The standard InChI is InChI=1S/C21H28N4/c1-23-12-14-24(15-13-23)21-10-9-19(16-22-21)20-8-5-11-25(20)17-18-6-3-2-4-7-18/h2-4,6-7,9-10,16,20H,5,8,11-15,17H2,1H3. The molecule has 1 aromatic carbocycles. The number of nitrogens with zero attached hydrogens (tertiary/aromatic N) is 4. The van der Waals surface area contributed by atoms with Crippen molar-refractivity contribution in [2.24, 2.45) is 0 Å². The fourth-order valence-electron chi connectivity index (χ4n) is 4.03. The Morgan fingerprint density at radius 2 is 1.76 bits per heavy atom. The molecule has 4 nitrogen and oxygen atoms in total. The van der Waals surface area contributed by atoms with Crippen LogP contribution in [0.25, 0.3) is 0 Å². The van der Waals surface area contributed by atoms with E-state index < -0.39 is 0 Å². The van der Waals surface area contributed by atoms with Gasteiger partial charge in [-0.3, -0.25) is 4.90 Å². The summed E-state index contributed by atoms with van der Waals surface area (Å²) < 4.78 is 0. The number of hydrogen-bond donors (Lipinski definition) is 0. The summed E-state index contributed by atoms with van der Waals surface area (Å²) in [5.41, 5.74) is 2.77. The maximum Gasteiger partial charge on any atom is 0.128 e. The molecule has 0 saturated carbocycles. The molecule has 0 aliphatic carbocycles. The molecule has 0 spiro atoms. The lowest BCUT2D eigenvalue weighted by atomic mass is 10.1. The van der Waals surface area contributed by atoms with Gasteiger partial charge in [-0.15, -0.1) is 0 Å². The Kier molecular flexibility index (Phi) is 4.99. The zero-order valence-electron chi connectivity index (χ0n) is 15.1. The number of hydrogen-bond acceptors (Lipinski definition) is 4. The molecule has 2 aromatic rings. The number of likely N-dealkylation sites (N-methyl/N-ethyl adjacent to an activating group) is 1. The molecule has 3 heterocycles. The van der Waals surface area contributed by atoms with Crippen molar-refractivity contribution in [1.82, 2.24) is 14.8 Å². The van der Waals surface area contributed by atoms with Gasteiger partial charge in [0.1, 0.15) is 5.82 Å². The van der Waals surface area contributed by atoms with Crippen molar-refractivity contribution in [3.05, 3.63) is 59.8 Å². The fraction of sp³-hybridized carbons (Fsp3) is 0.476. The van der Waals surface area contributed by atoms with Gasteiger partial charge in [-0.1, -0.05) is 36.4 Å². The molecule has 2 aliphatic rings. The van der Waals surface area contributed by atoms with Crippen LogP contribution in [0.3, 0.4) is 0 Å². The zero-order chi connectivity index (χ0) is 17.1. The highest BCUT2D eigenvalue weighted by atomic mass is 15.3. The molecule has 0 radical (unpaired) electrons. The van der Waals surface area contributed by atoms with E-state index >= 15 is 0 Å².